The molecule has 5 rings (SSSR count). The molecular weight excluding hydrogens is 428 g/mol. The van der Waals surface area contributed by atoms with Gasteiger partial charge in [-0.05, 0) is 92.3 Å². The second-order valence-electron chi connectivity index (χ2n) is 12.0. The Labute approximate surface area is 195 Å². The molecule has 33 heavy (non-hydrogen) atoms. The summed E-state index contributed by atoms with van der Waals surface area (Å²) in [5, 5.41) is 50.0. The molecule has 5 aliphatic rings. The van der Waals surface area contributed by atoms with Crippen molar-refractivity contribution < 1.29 is 39.8 Å². The van der Waals surface area contributed by atoms with E-state index in [1.807, 2.05) is 0 Å². The van der Waals surface area contributed by atoms with Gasteiger partial charge >= 0.3 is 5.97 Å². The highest BCUT2D eigenvalue weighted by Gasteiger charge is 2.60. The minimum atomic E-state index is -1.75. The zero-order valence-corrected chi connectivity index (χ0v) is 19.7. The number of hydrogen-bond donors (Lipinski definition) is 5. The van der Waals surface area contributed by atoms with Crippen LogP contribution in [0.1, 0.15) is 71.6 Å². The van der Waals surface area contributed by atoms with Gasteiger partial charge in [-0.15, -0.1) is 0 Å². The number of aliphatic hydroxyl groups is 5. The van der Waals surface area contributed by atoms with Crippen LogP contribution < -0.4 is 0 Å². The first-order valence-corrected chi connectivity index (χ1v) is 12.8. The number of esters is 1. The van der Waals surface area contributed by atoms with Crippen molar-refractivity contribution in [2.75, 3.05) is 0 Å². The van der Waals surface area contributed by atoms with Crippen LogP contribution in [0.5, 0.6) is 0 Å². The molecule has 1 aliphatic heterocycles. The standard InChI is InChI=1S/C25H40O8/c1-24-9-7-13(32-23(31)21-19(28)18(27)20(29)22(30)33-21)11-12(24)3-4-14-15-5-6-17(26)25(15,2)10-8-16(14)24/h12-22,26-30H,3-11H2,1-2H3. The van der Waals surface area contributed by atoms with Crippen molar-refractivity contribution in [1.82, 2.24) is 0 Å². The van der Waals surface area contributed by atoms with E-state index >= 15 is 0 Å². The Balaban J connectivity index is 1.23. The number of aliphatic hydroxyl groups excluding tert-OH is 5. The summed E-state index contributed by atoms with van der Waals surface area (Å²) >= 11 is 0. The van der Waals surface area contributed by atoms with E-state index in [0.717, 1.165) is 51.4 Å². The Bertz CT molecular complexity index is 761. The summed E-state index contributed by atoms with van der Waals surface area (Å²) in [7, 11) is 0. The quantitative estimate of drug-likeness (QED) is 0.380. The van der Waals surface area contributed by atoms with Crippen LogP contribution in [-0.4, -0.2) is 74.4 Å². The fourth-order valence-electron chi connectivity index (χ4n) is 8.59. The van der Waals surface area contributed by atoms with Gasteiger partial charge in [0, 0.05) is 0 Å². The summed E-state index contributed by atoms with van der Waals surface area (Å²) in [6, 6.07) is 0. The third kappa shape index (κ3) is 3.67. The van der Waals surface area contributed by atoms with Gasteiger partial charge in [-0.1, -0.05) is 13.8 Å². The molecule has 1 saturated heterocycles. The first kappa shape index (κ1) is 23.9. The molecule has 1 heterocycles. The van der Waals surface area contributed by atoms with Crippen LogP contribution in [0.4, 0.5) is 0 Å². The van der Waals surface area contributed by atoms with Crippen molar-refractivity contribution in [3.8, 4) is 0 Å². The molecule has 0 radical (unpaired) electrons. The van der Waals surface area contributed by atoms with E-state index in [0.29, 0.717) is 23.7 Å². The SMILES string of the molecule is CC12CCC3C(CCC4CC(OC(=O)C5OC(O)C(O)C(O)C5O)CCC43C)C1CCC2O. The van der Waals surface area contributed by atoms with E-state index in [-0.39, 0.29) is 23.0 Å². The Hall–Kier alpha value is -0.770. The average molecular weight is 469 g/mol. The molecule has 8 heteroatoms. The van der Waals surface area contributed by atoms with Gasteiger partial charge in [-0.3, -0.25) is 0 Å². The summed E-state index contributed by atoms with van der Waals surface area (Å²) in [5.41, 5.74) is 0.276. The minimum Gasteiger partial charge on any atom is -0.460 e. The number of carbonyl (C=O) groups excluding carboxylic acids is 1. The highest BCUT2D eigenvalue weighted by atomic mass is 16.7. The highest BCUT2D eigenvalue weighted by Crippen LogP contribution is 2.66. The van der Waals surface area contributed by atoms with Gasteiger partial charge in [0.15, 0.2) is 12.4 Å². The lowest BCUT2D eigenvalue weighted by Gasteiger charge is -2.60. The highest BCUT2D eigenvalue weighted by molar-refractivity contribution is 5.76. The maximum atomic E-state index is 12.7. The minimum absolute atomic E-state index is 0.0701. The fraction of sp³-hybridized carbons (Fsp3) is 0.960. The normalized spacial score (nSPS) is 56.4. The number of fused-ring (bicyclic) bond motifs is 5. The van der Waals surface area contributed by atoms with E-state index < -0.39 is 36.7 Å². The van der Waals surface area contributed by atoms with Gasteiger partial charge in [0.1, 0.15) is 24.4 Å². The van der Waals surface area contributed by atoms with E-state index in [1.54, 1.807) is 0 Å². The van der Waals surface area contributed by atoms with Gasteiger partial charge < -0.3 is 35.0 Å². The van der Waals surface area contributed by atoms with Crippen LogP contribution in [0.15, 0.2) is 0 Å². The summed E-state index contributed by atoms with van der Waals surface area (Å²) in [4.78, 5) is 12.7. The number of rotatable bonds is 2. The van der Waals surface area contributed by atoms with E-state index in [4.69, 9.17) is 9.47 Å². The van der Waals surface area contributed by atoms with Gasteiger partial charge in [0.05, 0.1) is 6.10 Å². The van der Waals surface area contributed by atoms with Crippen molar-refractivity contribution in [2.24, 2.45) is 34.5 Å². The Morgan fingerprint density at radius 1 is 0.818 bits per heavy atom. The Morgan fingerprint density at radius 3 is 2.27 bits per heavy atom. The molecule has 13 atom stereocenters. The third-order valence-corrected chi connectivity index (χ3v) is 10.7. The maximum Gasteiger partial charge on any atom is 0.338 e. The van der Waals surface area contributed by atoms with Crippen molar-refractivity contribution in [1.29, 1.82) is 0 Å². The van der Waals surface area contributed by atoms with Crippen LogP contribution in [0.2, 0.25) is 0 Å². The Kier molecular flexibility index (Phi) is 6.11. The van der Waals surface area contributed by atoms with Crippen molar-refractivity contribution in [3.05, 3.63) is 0 Å². The van der Waals surface area contributed by atoms with Crippen molar-refractivity contribution in [3.63, 3.8) is 0 Å². The molecule has 0 aromatic heterocycles. The summed E-state index contributed by atoms with van der Waals surface area (Å²) < 4.78 is 10.7. The topological polar surface area (TPSA) is 137 Å². The van der Waals surface area contributed by atoms with Crippen molar-refractivity contribution >= 4 is 5.97 Å². The Morgan fingerprint density at radius 2 is 1.52 bits per heavy atom. The lowest BCUT2D eigenvalue weighted by atomic mass is 9.45. The summed E-state index contributed by atoms with van der Waals surface area (Å²) in [6.45, 7) is 4.72. The molecule has 0 amide bonds. The van der Waals surface area contributed by atoms with Crippen LogP contribution >= 0.6 is 0 Å². The summed E-state index contributed by atoms with van der Waals surface area (Å²) in [5.74, 6) is 1.57. The zero-order chi connectivity index (χ0) is 23.7. The van der Waals surface area contributed by atoms with E-state index in [9.17, 15) is 30.3 Å². The molecule has 0 spiro atoms. The monoisotopic (exact) mass is 468 g/mol. The van der Waals surface area contributed by atoms with Gasteiger partial charge in [0.25, 0.3) is 0 Å². The molecular formula is C25H40O8. The van der Waals surface area contributed by atoms with Gasteiger partial charge in [-0.25, -0.2) is 4.79 Å². The second kappa shape index (κ2) is 8.42. The predicted molar refractivity (Wildman–Crippen MR) is 117 cm³/mol. The smallest absolute Gasteiger partial charge is 0.338 e. The maximum absolute atomic E-state index is 12.7. The number of carbonyl (C=O) groups is 1. The molecule has 188 valence electrons. The first-order valence-electron chi connectivity index (χ1n) is 12.8. The predicted octanol–water partition coefficient (Wildman–Crippen LogP) is 1.10. The number of hydrogen-bond acceptors (Lipinski definition) is 8. The van der Waals surface area contributed by atoms with E-state index in [2.05, 4.69) is 13.8 Å². The van der Waals surface area contributed by atoms with Gasteiger partial charge in [-0.2, -0.15) is 0 Å². The molecule has 5 N–H and O–H groups in total. The molecule has 4 saturated carbocycles. The molecule has 0 aromatic carbocycles. The molecule has 0 aromatic rings. The van der Waals surface area contributed by atoms with Crippen LogP contribution in [-0.2, 0) is 14.3 Å². The third-order valence-electron chi connectivity index (χ3n) is 10.7. The zero-order valence-electron chi connectivity index (χ0n) is 19.7. The van der Waals surface area contributed by atoms with E-state index in [1.165, 1.54) is 6.42 Å². The first-order chi connectivity index (χ1) is 15.6. The van der Waals surface area contributed by atoms with Crippen LogP contribution in [0.25, 0.3) is 0 Å². The lowest BCUT2D eigenvalue weighted by Crippen LogP contribution is -2.60. The van der Waals surface area contributed by atoms with Crippen LogP contribution in [0.3, 0.4) is 0 Å². The van der Waals surface area contributed by atoms with Crippen LogP contribution in [0, 0.1) is 34.5 Å². The lowest BCUT2D eigenvalue weighted by molar-refractivity contribution is -0.282. The molecule has 0 bridgehead atoms. The van der Waals surface area contributed by atoms with Crippen molar-refractivity contribution in [2.45, 2.75) is 115 Å². The molecule has 5 fully saturated rings. The second-order valence-corrected chi connectivity index (χ2v) is 12.0. The van der Waals surface area contributed by atoms with Gasteiger partial charge in [0.2, 0.25) is 0 Å². The molecule has 4 aliphatic carbocycles. The molecule has 8 nitrogen and oxygen atoms in total. The average Bonchev–Trinajstić information content (AvgIpc) is 3.09. The fourth-order valence-corrected chi connectivity index (χ4v) is 8.59. The largest absolute Gasteiger partial charge is 0.460 e. The molecule has 13 unspecified atom stereocenters. The number of ether oxygens (including phenoxy) is 2. The summed E-state index contributed by atoms with van der Waals surface area (Å²) in [6.07, 6.45) is 0.328.